The van der Waals surface area contributed by atoms with Gasteiger partial charge >= 0.3 is 0 Å². The lowest BCUT2D eigenvalue weighted by molar-refractivity contribution is -0.117. The standard InChI is InChI=1S/C29H39NO4S/c1-4-5-6-7-8-28(34-21-23-9-16-27(33-3)17-10-23)24-11-13-25(14-12-24)30-26(15-18-29(30)32)19-20-35-22(2)31/h9-14,16-17,26,28H,4-8,15,18-21H2,1-3H3/t26-,28?/m1/s1. The monoisotopic (exact) mass is 497 g/mol. The first-order chi connectivity index (χ1) is 17.0. The number of carbonyl (C=O) groups is 2. The Bertz CT molecular complexity index is 929. The molecule has 2 aromatic rings. The highest BCUT2D eigenvalue weighted by Crippen LogP contribution is 2.32. The van der Waals surface area contributed by atoms with Crippen LogP contribution >= 0.6 is 11.8 Å². The summed E-state index contributed by atoms with van der Waals surface area (Å²) in [5.41, 5.74) is 3.21. The van der Waals surface area contributed by atoms with Crippen LogP contribution in [0.3, 0.4) is 0 Å². The molecule has 1 amide bonds. The normalized spacial score (nSPS) is 16.5. The van der Waals surface area contributed by atoms with Gasteiger partial charge in [-0.25, -0.2) is 0 Å². The molecule has 2 aromatic carbocycles. The summed E-state index contributed by atoms with van der Waals surface area (Å²) in [5.74, 6) is 1.76. The maximum Gasteiger partial charge on any atom is 0.227 e. The summed E-state index contributed by atoms with van der Waals surface area (Å²) in [5, 5.41) is 0.129. The lowest BCUT2D eigenvalue weighted by atomic mass is 10.0. The van der Waals surface area contributed by atoms with Gasteiger partial charge in [0.15, 0.2) is 5.12 Å². The summed E-state index contributed by atoms with van der Waals surface area (Å²) >= 11 is 1.34. The number of rotatable bonds is 14. The lowest BCUT2D eigenvalue weighted by Gasteiger charge is -2.26. The highest BCUT2D eigenvalue weighted by molar-refractivity contribution is 8.13. The number of hydrogen-bond donors (Lipinski definition) is 0. The molecule has 190 valence electrons. The van der Waals surface area contributed by atoms with Gasteiger partial charge in [0.25, 0.3) is 0 Å². The molecule has 0 radical (unpaired) electrons. The molecule has 1 aliphatic rings. The Morgan fingerprint density at radius 2 is 1.83 bits per heavy atom. The van der Waals surface area contributed by atoms with E-state index in [4.69, 9.17) is 9.47 Å². The number of carbonyl (C=O) groups excluding carboxylic acids is 2. The molecule has 2 atom stereocenters. The number of thioether (sulfide) groups is 1. The third kappa shape index (κ3) is 8.39. The number of anilines is 1. The molecule has 0 spiro atoms. The molecule has 3 rings (SSSR count). The summed E-state index contributed by atoms with van der Waals surface area (Å²) in [4.78, 5) is 25.8. The predicted octanol–water partition coefficient (Wildman–Crippen LogP) is 7.09. The Labute approximate surface area is 214 Å². The van der Waals surface area contributed by atoms with E-state index in [9.17, 15) is 9.59 Å². The van der Waals surface area contributed by atoms with Crippen LogP contribution in [0.4, 0.5) is 5.69 Å². The van der Waals surface area contributed by atoms with Gasteiger partial charge in [-0.2, -0.15) is 0 Å². The van der Waals surface area contributed by atoms with Crippen molar-refractivity contribution in [1.82, 2.24) is 0 Å². The largest absolute Gasteiger partial charge is 0.497 e. The van der Waals surface area contributed by atoms with Crippen molar-refractivity contribution in [1.29, 1.82) is 0 Å². The highest BCUT2D eigenvalue weighted by atomic mass is 32.2. The number of ether oxygens (including phenoxy) is 2. The average Bonchev–Trinajstić information content (AvgIpc) is 3.24. The van der Waals surface area contributed by atoms with Gasteiger partial charge in [-0.05, 0) is 54.7 Å². The first kappa shape index (κ1) is 27.3. The van der Waals surface area contributed by atoms with Gasteiger partial charge in [0.2, 0.25) is 5.91 Å². The number of hydrogen-bond acceptors (Lipinski definition) is 5. The van der Waals surface area contributed by atoms with Gasteiger partial charge < -0.3 is 14.4 Å². The summed E-state index contributed by atoms with van der Waals surface area (Å²) in [6, 6.07) is 16.5. The van der Waals surface area contributed by atoms with Crippen LogP contribution in [0.1, 0.15) is 82.4 Å². The second kappa shape index (κ2) is 14.3. The second-order valence-corrected chi connectivity index (χ2v) is 10.4. The van der Waals surface area contributed by atoms with Crippen molar-refractivity contribution < 1.29 is 19.1 Å². The number of amides is 1. The van der Waals surface area contributed by atoms with E-state index in [1.54, 1.807) is 14.0 Å². The summed E-state index contributed by atoms with van der Waals surface area (Å²) in [6.45, 7) is 4.36. The highest BCUT2D eigenvalue weighted by Gasteiger charge is 2.31. The van der Waals surface area contributed by atoms with Crippen LogP contribution in [0.5, 0.6) is 5.75 Å². The molecule has 5 nitrogen and oxygen atoms in total. The van der Waals surface area contributed by atoms with E-state index in [1.807, 2.05) is 29.2 Å². The van der Waals surface area contributed by atoms with Gasteiger partial charge in [0.05, 0.1) is 19.8 Å². The van der Waals surface area contributed by atoms with Crippen molar-refractivity contribution in [3.05, 3.63) is 59.7 Å². The number of nitrogens with zero attached hydrogens (tertiary/aromatic N) is 1. The van der Waals surface area contributed by atoms with Gasteiger partial charge in [0, 0.05) is 30.8 Å². The second-order valence-electron chi connectivity index (χ2n) is 9.17. The van der Waals surface area contributed by atoms with Crippen molar-refractivity contribution >= 4 is 28.5 Å². The van der Waals surface area contributed by atoms with Gasteiger partial charge in [-0.1, -0.05) is 68.6 Å². The van der Waals surface area contributed by atoms with Gasteiger partial charge in [0.1, 0.15) is 5.75 Å². The topological polar surface area (TPSA) is 55.8 Å². The number of methoxy groups -OCH3 is 1. The predicted molar refractivity (Wildman–Crippen MR) is 144 cm³/mol. The SMILES string of the molecule is CCCCCCC(OCc1ccc(OC)cc1)c1ccc(N2C(=O)CC[C@@H]2CCSC(C)=O)cc1. The maximum absolute atomic E-state index is 12.6. The van der Waals surface area contributed by atoms with Crippen LogP contribution in [-0.2, 0) is 20.9 Å². The van der Waals surface area contributed by atoms with Crippen molar-refractivity contribution in [2.75, 3.05) is 17.8 Å². The van der Waals surface area contributed by atoms with E-state index < -0.39 is 0 Å². The molecular weight excluding hydrogens is 458 g/mol. The van der Waals surface area contributed by atoms with E-state index in [0.29, 0.717) is 13.0 Å². The van der Waals surface area contributed by atoms with Crippen LogP contribution < -0.4 is 9.64 Å². The smallest absolute Gasteiger partial charge is 0.227 e. The molecule has 1 heterocycles. The van der Waals surface area contributed by atoms with E-state index in [2.05, 4.69) is 31.2 Å². The Hall–Kier alpha value is -2.31. The molecule has 6 heteroatoms. The zero-order valence-corrected chi connectivity index (χ0v) is 22.1. The van der Waals surface area contributed by atoms with Crippen LogP contribution in [-0.4, -0.2) is 29.9 Å². The fourth-order valence-electron chi connectivity index (χ4n) is 4.58. The zero-order chi connectivity index (χ0) is 25.0. The van der Waals surface area contributed by atoms with Crippen LogP contribution in [0, 0.1) is 0 Å². The molecule has 35 heavy (non-hydrogen) atoms. The van der Waals surface area contributed by atoms with Gasteiger partial charge in [-0.3, -0.25) is 9.59 Å². The first-order valence-electron chi connectivity index (χ1n) is 12.8. The van der Waals surface area contributed by atoms with E-state index >= 15 is 0 Å². The van der Waals surface area contributed by atoms with E-state index in [0.717, 1.165) is 54.0 Å². The molecule has 0 aliphatic carbocycles. The van der Waals surface area contributed by atoms with Crippen molar-refractivity contribution in [2.24, 2.45) is 0 Å². The molecule has 1 saturated heterocycles. The van der Waals surface area contributed by atoms with Crippen molar-refractivity contribution in [3.63, 3.8) is 0 Å². The first-order valence-corrected chi connectivity index (χ1v) is 13.8. The summed E-state index contributed by atoms with van der Waals surface area (Å²) < 4.78 is 11.7. The number of benzene rings is 2. The summed E-state index contributed by atoms with van der Waals surface area (Å²) in [7, 11) is 1.67. The summed E-state index contributed by atoms with van der Waals surface area (Å²) in [6.07, 6.45) is 8.03. The number of unbranched alkanes of at least 4 members (excludes halogenated alkanes) is 3. The van der Waals surface area contributed by atoms with E-state index in [1.165, 1.54) is 31.0 Å². The van der Waals surface area contributed by atoms with E-state index in [-0.39, 0.29) is 23.2 Å². The molecule has 1 unspecified atom stereocenters. The fraction of sp³-hybridized carbons (Fsp3) is 0.517. The average molecular weight is 498 g/mol. The molecule has 0 bridgehead atoms. The van der Waals surface area contributed by atoms with Gasteiger partial charge in [-0.15, -0.1) is 0 Å². The zero-order valence-electron chi connectivity index (χ0n) is 21.3. The minimum Gasteiger partial charge on any atom is -0.497 e. The molecule has 1 aliphatic heterocycles. The Balaban J connectivity index is 1.67. The molecule has 0 aromatic heterocycles. The third-order valence-corrected chi connectivity index (χ3v) is 7.40. The molecule has 0 N–H and O–H groups in total. The quantitative estimate of drug-likeness (QED) is 0.261. The Kier molecular flexibility index (Phi) is 11.1. The lowest BCUT2D eigenvalue weighted by Crippen LogP contribution is -2.33. The minimum atomic E-state index is 0.0139. The Morgan fingerprint density at radius 1 is 1.09 bits per heavy atom. The molecule has 1 fully saturated rings. The fourth-order valence-corrected chi connectivity index (χ4v) is 5.26. The maximum atomic E-state index is 12.6. The Morgan fingerprint density at radius 3 is 2.49 bits per heavy atom. The molecular formula is C29H39NO4S. The minimum absolute atomic E-state index is 0.0139. The van der Waals surface area contributed by atoms with Crippen LogP contribution in [0.2, 0.25) is 0 Å². The third-order valence-electron chi connectivity index (χ3n) is 6.55. The molecule has 0 saturated carbocycles. The van der Waals surface area contributed by atoms with Crippen molar-refractivity contribution in [2.45, 2.75) is 84.0 Å². The van der Waals surface area contributed by atoms with Crippen LogP contribution in [0.25, 0.3) is 0 Å². The van der Waals surface area contributed by atoms with Crippen molar-refractivity contribution in [3.8, 4) is 5.75 Å². The van der Waals surface area contributed by atoms with Crippen LogP contribution in [0.15, 0.2) is 48.5 Å².